The van der Waals surface area contributed by atoms with Crippen molar-refractivity contribution in [2.24, 2.45) is 5.92 Å². The molecular formula is C22H27N3O5S. The van der Waals surface area contributed by atoms with Gasteiger partial charge in [-0.15, -0.1) is 0 Å². The molecule has 31 heavy (non-hydrogen) atoms. The van der Waals surface area contributed by atoms with Crippen molar-refractivity contribution in [1.29, 1.82) is 0 Å². The second-order valence-corrected chi connectivity index (χ2v) is 9.14. The highest BCUT2D eigenvalue weighted by molar-refractivity contribution is 7.92. The highest BCUT2D eigenvalue weighted by Gasteiger charge is 2.21. The second kappa shape index (κ2) is 10.3. The quantitative estimate of drug-likeness (QED) is 0.578. The number of carbonyl (C=O) groups is 2. The summed E-state index contributed by atoms with van der Waals surface area (Å²) in [4.78, 5) is 24.3. The first-order valence-electron chi connectivity index (χ1n) is 10.2. The molecule has 8 nitrogen and oxygen atoms in total. The predicted molar refractivity (Wildman–Crippen MR) is 118 cm³/mol. The Morgan fingerprint density at radius 3 is 2.16 bits per heavy atom. The SMILES string of the molecule is COc1ccc(NS(=O)(=O)c2ccc(NC(=O)CNC(=O)C3CCCCC3)cc2)cc1. The predicted octanol–water partition coefficient (Wildman–Crippen LogP) is 3.13. The van der Waals surface area contributed by atoms with Crippen LogP contribution in [0.1, 0.15) is 32.1 Å². The Morgan fingerprint density at radius 2 is 1.55 bits per heavy atom. The lowest BCUT2D eigenvalue weighted by Crippen LogP contribution is -2.37. The zero-order chi connectivity index (χ0) is 22.3. The van der Waals surface area contributed by atoms with E-state index in [1.165, 1.54) is 31.4 Å². The average molecular weight is 446 g/mol. The number of amides is 2. The monoisotopic (exact) mass is 445 g/mol. The molecule has 3 N–H and O–H groups in total. The van der Waals surface area contributed by atoms with E-state index in [4.69, 9.17) is 4.74 Å². The van der Waals surface area contributed by atoms with Crippen molar-refractivity contribution < 1.29 is 22.7 Å². The Morgan fingerprint density at radius 1 is 0.935 bits per heavy atom. The summed E-state index contributed by atoms with van der Waals surface area (Å²) in [5.41, 5.74) is 0.854. The number of carbonyl (C=O) groups excluding carboxylic acids is 2. The maximum atomic E-state index is 12.5. The smallest absolute Gasteiger partial charge is 0.261 e. The molecule has 2 aromatic carbocycles. The highest BCUT2D eigenvalue weighted by Crippen LogP contribution is 2.23. The molecule has 1 saturated carbocycles. The third-order valence-corrected chi connectivity index (χ3v) is 6.59. The number of nitrogens with one attached hydrogen (secondary N) is 3. The minimum atomic E-state index is -3.77. The lowest BCUT2D eigenvalue weighted by molar-refractivity contribution is -0.128. The van der Waals surface area contributed by atoms with Crippen LogP contribution in [-0.2, 0) is 19.6 Å². The maximum Gasteiger partial charge on any atom is 0.261 e. The molecule has 0 aliphatic heterocycles. The van der Waals surface area contributed by atoms with Crippen LogP contribution in [0.25, 0.3) is 0 Å². The third kappa shape index (κ3) is 6.45. The number of rotatable bonds is 8. The van der Waals surface area contributed by atoms with Crippen molar-refractivity contribution in [3.05, 3.63) is 48.5 Å². The first-order valence-corrected chi connectivity index (χ1v) is 11.7. The Bertz CT molecular complexity index is 998. The van der Waals surface area contributed by atoms with Crippen molar-refractivity contribution in [1.82, 2.24) is 5.32 Å². The second-order valence-electron chi connectivity index (χ2n) is 7.46. The maximum absolute atomic E-state index is 12.5. The minimum absolute atomic E-state index is 0.00996. The van der Waals surface area contributed by atoms with Crippen LogP contribution in [0.2, 0.25) is 0 Å². The van der Waals surface area contributed by atoms with Crippen molar-refractivity contribution in [2.45, 2.75) is 37.0 Å². The van der Waals surface area contributed by atoms with Crippen LogP contribution < -0.4 is 20.1 Å². The lowest BCUT2D eigenvalue weighted by Gasteiger charge is -2.20. The first kappa shape index (κ1) is 22.6. The standard InChI is InChI=1S/C22H27N3O5S/c1-30-19-11-7-18(8-12-19)25-31(28,29)20-13-9-17(10-14-20)24-21(26)15-23-22(27)16-5-3-2-4-6-16/h7-14,16,25H,2-6,15H2,1H3,(H,23,27)(H,24,26). The summed E-state index contributed by atoms with van der Waals surface area (Å²) in [5, 5.41) is 5.34. The fraction of sp³-hybridized carbons (Fsp3) is 0.364. The van der Waals surface area contributed by atoms with E-state index in [2.05, 4.69) is 15.4 Å². The highest BCUT2D eigenvalue weighted by atomic mass is 32.2. The number of sulfonamides is 1. The molecule has 3 rings (SSSR count). The van der Waals surface area contributed by atoms with Gasteiger partial charge in [-0.3, -0.25) is 14.3 Å². The van der Waals surface area contributed by atoms with E-state index in [1.807, 2.05) is 0 Å². The van der Waals surface area contributed by atoms with E-state index in [0.717, 1.165) is 32.1 Å². The fourth-order valence-corrected chi connectivity index (χ4v) is 4.53. The third-order valence-electron chi connectivity index (χ3n) is 5.19. The van der Waals surface area contributed by atoms with Gasteiger partial charge in [-0.1, -0.05) is 19.3 Å². The lowest BCUT2D eigenvalue weighted by atomic mass is 9.89. The van der Waals surface area contributed by atoms with Crippen LogP contribution >= 0.6 is 0 Å². The van der Waals surface area contributed by atoms with Crippen LogP contribution in [0, 0.1) is 5.92 Å². The van der Waals surface area contributed by atoms with Crippen molar-refractivity contribution in [2.75, 3.05) is 23.7 Å². The summed E-state index contributed by atoms with van der Waals surface area (Å²) in [7, 11) is -2.24. The van der Waals surface area contributed by atoms with Gasteiger partial charge >= 0.3 is 0 Å². The van der Waals surface area contributed by atoms with Gasteiger partial charge in [-0.05, 0) is 61.4 Å². The molecule has 1 fully saturated rings. The molecule has 2 amide bonds. The van der Waals surface area contributed by atoms with Crippen LogP contribution in [0.3, 0.4) is 0 Å². The first-order chi connectivity index (χ1) is 14.9. The van der Waals surface area contributed by atoms with E-state index >= 15 is 0 Å². The van der Waals surface area contributed by atoms with Crippen LogP contribution in [0.15, 0.2) is 53.4 Å². The van der Waals surface area contributed by atoms with Gasteiger partial charge in [0.05, 0.1) is 18.6 Å². The fourth-order valence-electron chi connectivity index (χ4n) is 3.47. The van der Waals surface area contributed by atoms with E-state index < -0.39 is 10.0 Å². The molecule has 0 saturated heterocycles. The molecule has 0 bridgehead atoms. The number of anilines is 2. The van der Waals surface area contributed by atoms with Gasteiger partial charge in [0.15, 0.2) is 0 Å². The number of ether oxygens (including phenoxy) is 1. The molecule has 0 spiro atoms. The summed E-state index contributed by atoms with van der Waals surface area (Å²) < 4.78 is 32.6. The summed E-state index contributed by atoms with van der Waals surface area (Å²) in [5.74, 6) is 0.166. The molecular weight excluding hydrogens is 418 g/mol. The molecule has 9 heteroatoms. The number of methoxy groups -OCH3 is 1. The van der Waals surface area contributed by atoms with Crippen molar-refractivity contribution >= 4 is 33.2 Å². The Balaban J connectivity index is 1.52. The topological polar surface area (TPSA) is 114 Å². The molecule has 1 aliphatic carbocycles. The molecule has 0 atom stereocenters. The largest absolute Gasteiger partial charge is 0.497 e. The normalized spacial score (nSPS) is 14.5. The van der Waals surface area contributed by atoms with Crippen LogP contribution in [0.4, 0.5) is 11.4 Å². The molecule has 0 unspecified atom stereocenters. The number of hydrogen-bond acceptors (Lipinski definition) is 5. The zero-order valence-corrected chi connectivity index (χ0v) is 18.2. The minimum Gasteiger partial charge on any atom is -0.497 e. The number of hydrogen-bond donors (Lipinski definition) is 3. The average Bonchev–Trinajstić information content (AvgIpc) is 2.78. The van der Waals surface area contributed by atoms with E-state index in [0.29, 0.717) is 17.1 Å². The molecule has 2 aromatic rings. The molecule has 0 aromatic heterocycles. The number of benzene rings is 2. The van der Waals surface area contributed by atoms with Crippen molar-refractivity contribution in [3.8, 4) is 5.75 Å². The Labute approximate surface area is 182 Å². The molecule has 0 heterocycles. The summed E-state index contributed by atoms with van der Waals surface area (Å²) in [6.07, 6.45) is 4.99. The van der Waals surface area contributed by atoms with E-state index in [9.17, 15) is 18.0 Å². The molecule has 1 aliphatic rings. The summed E-state index contributed by atoms with van der Waals surface area (Å²) >= 11 is 0. The van der Waals surface area contributed by atoms with Gasteiger partial charge < -0.3 is 15.4 Å². The van der Waals surface area contributed by atoms with Gasteiger partial charge in [-0.2, -0.15) is 0 Å². The molecule has 166 valence electrons. The van der Waals surface area contributed by atoms with Gasteiger partial charge in [0.1, 0.15) is 5.75 Å². The van der Waals surface area contributed by atoms with Gasteiger partial charge in [0.25, 0.3) is 10.0 Å². The van der Waals surface area contributed by atoms with Gasteiger partial charge in [0, 0.05) is 17.3 Å². The van der Waals surface area contributed by atoms with Gasteiger partial charge in [0.2, 0.25) is 11.8 Å². The van der Waals surface area contributed by atoms with Crippen LogP contribution in [-0.4, -0.2) is 33.9 Å². The Kier molecular flexibility index (Phi) is 7.51. The summed E-state index contributed by atoms with van der Waals surface area (Å²) in [6, 6.07) is 12.3. The zero-order valence-electron chi connectivity index (χ0n) is 17.4. The van der Waals surface area contributed by atoms with E-state index in [1.54, 1.807) is 24.3 Å². The Hall–Kier alpha value is -3.07. The summed E-state index contributed by atoms with van der Waals surface area (Å²) in [6.45, 7) is -0.117. The van der Waals surface area contributed by atoms with E-state index in [-0.39, 0.29) is 29.2 Å². The van der Waals surface area contributed by atoms with Gasteiger partial charge in [-0.25, -0.2) is 8.42 Å². The van der Waals surface area contributed by atoms with Crippen LogP contribution in [0.5, 0.6) is 5.75 Å². The van der Waals surface area contributed by atoms with Crippen molar-refractivity contribution in [3.63, 3.8) is 0 Å². The molecule has 0 radical (unpaired) electrons.